The first-order valence-electron chi connectivity index (χ1n) is 7.84. The van der Waals surface area contributed by atoms with Crippen LogP contribution in [0.15, 0.2) is 12.1 Å². The maximum atomic E-state index is 6.30. The lowest BCUT2D eigenvalue weighted by atomic mass is 9.85. The Labute approximate surface area is 127 Å². The number of pyridine rings is 1. The Morgan fingerprint density at radius 3 is 2.75 bits per heavy atom. The average molecular weight is 296 g/mol. The van der Waals surface area contributed by atoms with E-state index in [-0.39, 0.29) is 0 Å². The fraction of sp³-hybridized carbons (Fsp3) is 0.688. The van der Waals surface area contributed by atoms with Crippen molar-refractivity contribution in [1.82, 2.24) is 9.88 Å². The summed E-state index contributed by atoms with van der Waals surface area (Å²) in [6, 6.07) is 3.92. The molecule has 1 aliphatic carbocycles. The number of hydrogen-bond acceptors (Lipinski definition) is 3. The third-order valence-corrected chi connectivity index (χ3v) is 4.38. The highest BCUT2D eigenvalue weighted by atomic mass is 35.5. The van der Waals surface area contributed by atoms with Crippen molar-refractivity contribution in [2.75, 3.05) is 25.0 Å². The van der Waals surface area contributed by atoms with Crippen LogP contribution in [-0.4, -0.2) is 29.5 Å². The van der Waals surface area contributed by atoms with Gasteiger partial charge in [0.1, 0.15) is 5.82 Å². The molecule has 0 amide bonds. The molecule has 2 rings (SSSR count). The molecule has 0 radical (unpaired) electrons. The lowest BCUT2D eigenvalue weighted by Crippen LogP contribution is -2.32. The van der Waals surface area contributed by atoms with Crippen molar-refractivity contribution in [2.45, 2.75) is 46.1 Å². The molecule has 0 saturated heterocycles. The largest absolute Gasteiger partial charge is 0.370 e. The summed E-state index contributed by atoms with van der Waals surface area (Å²) in [5.41, 5.74) is 0.994. The summed E-state index contributed by atoms with van der Waals surface area (Å²) in [5.74, 6) is 1.82. The highest BCUT2D eigenvalue weighted by Crippen LogP contribution is 2.28. The predicted molar refractivity (Wildman–Crippen MR) is 86.3 cm³/mol. The minimum atomic E-state index is 0.777. The van der Waals surface area contributed by atoms with E-state index in [1.807, 2.05) is 12.1 Å². The number of hydrogen-bond donors (Lipinski definition) is 1. The number of halogens is 1. The molecule has 112 valence electrons. The van der Waals surface area contributed by atoms with E-state index in [9.17, 15) is 0 Å². The van der Waals surface area contributed by atoms with Crippen molar-refractivity contribution >= 4 is 17.4 Å². The van der Waals surface area contributed by atoms with Crippen molar-refractivity contribution < 1.29 is 0 Å². The number of nitrogens with zero attached hydrogens (tertiary/aromatic N) is 2. The van der Waals surface area contributed by atoms with Crippen LogP contribution in [0.2, 0.25) is 5.02 Å². The molecule has 1 aliphatic rings. The van der Waals surface area contributed by atoms with E-state index in [0.29, 0.717) is 0 Å². The summed E-state index contributed by atoms with van der Waals surface area (Å²) in [6.45, 7) is 8.41. The molecule has 4 heteroatoms. The first-order chi connectivity index (χ1) is 9.72. The Balaban J connectivity index is 1.97. The summed E-state index contributed by atoms with van der Waals surface area (Å²) in [6.07, 6.45) is 5.27. The van der Waals surface area contributed by atoms with Gasteiger partial charge in [-0.3, -0.25) is 4.90 Å². The Kier molecular flexibility index (Phi) is 6.11. The molecule has 1 fully saturated rings. The van der Waals surface area contributed by atoms with Crippen LogP contribution in [0.25, 0.3) is 0 Å². The first-order valence-corrected chi connectivity index (χ1v) is 8.22. The molecule has 0 atom stereocenters. The molecule has 1 aromatic heterocycles. The molecule has 1 heterocycles. The van der Waals surface area contributed by atoms with Gasteiger partial charge in [-0.05, 0) is 43.9 Å². The number of nitrogens with one attached hydrogen (secondary N) is 1. The highest BCUT2D eigenvalue weighted by Gasteiger charge is 2.20. The Morgan fingerprint density at radius 2 is 2.15 bits per heavy atom. The zero-order valence-corrected chi connectivity index (χ0v) is 13.4. The molecule has 0 aliphatic heterocycles. The average Bonchev–Trinajstić information content (AvgIpc) is 2.41. The lowest BCUT2D eigenvalue weighted by molar-refractivity contribution is 0.177. The molecule has 0 unspecified atom stereocenters. The molecule has 0 bridgehead atoms. The van der Waals surface area contributed by atoms with Gasteiger partial charge in [0.2, 0.25) is 0 Å². The first kappa shape index (κ1) is 15.6. The van der Waals surface area contributed by atoms with E-state index in [0.717, 1.165) is 48.5 Å². The van der Waals surface area contributed by atoms with Gasteiger partial charge in [-0.25, -0.2) is 4.98 Å². The number of rotatable bonds is 8. The van der Waals surface area contributed by atoms with Gasteiger partial charge in [0.15, 0.2) is 0 Å². The van der Waals surface area contributed by atoms with Crippen molar-refractivity contribution in [3.8, 4) is 0 Å². The molecular weight excluding hydrogens is 270 g/mol. The Morgan fingerprint density at radius 1 is 1.35 bits per heavy atom. The third-order valence-electron chi connectivity index (χ3n) is 4.04. The summed E-state index contributed by atoms with van der Waals surface area (Å²) in [7, 11) is 0. The maximum absolute atomic E-state index is 6.30. The van der Waals surface area contributed by atoms with E-state index in [1.165, 1.54) is 25.8 Å². The molecule has 1 aromatic rings. The fourth-order valence-corrected chi connectivity index (χ4v) is 2.67. The minimum absolute atomic E-state index is 0.777. The standard InChI is InChI=1S/C16H26ClN3/c1-3-10-18-16-9-8-14(17)15(19-16)12-20(4-2)11-13-6-5-7-13/h8-9,13H,3-7,10-12H2,1-2H3,(H,18,19). The van der Waals surface area contributed by atoms with E-state index >= 15 is 0 Å². The van der Waals surface area contributed by atoms with Crippen LogP contribution in [0.4, 0.5) is 5.82 Å². The van der Waals surface area contributed by atoms with Crippen LogP contribution < -0.4 is 5.32 Å². The molecule has 1 N–H and O–H groups in total. The molecule has 20 heavy (non-hydrogen) atoms. The van der Waals surface area contributed by atoms with Crippen molar-refractivity contribution in [1.29, 1.82) is 0 Å². The van der Waals surface area contributed by atoms with Gasteiger partial charge >= 0.3 is 0 Å². The predicted octanol–water partition coefficient (Wildman–Crippen LogP) is 4.18. The van der Waals surface area contributed by atoms with Gasteiger partial charge in [0.25, 0.3) is 0 Å². The summed E-state index contributed by atoms with van der Waals surface area (Å²) in [4.78, 5) is 7.12. The molecule has 0 spiro atoms. The monoisotopic (exact) mass is 295 g/mol. The minimum Gasteiger partial charge on any atom is -0.370 e. The molecule has 1 saturated carbocycles. The molecule has 3 nitrogen and oxygen atoms in total. The van der Waals surface area contributed by atoms with Crippen LogP contribution in [-0.2, 0) is 6.54 Å². The van der Waals surface area contributed by atoms with E-state index in [4.69, 9.17) is 11.6 Å². The maximum Gasteiger partial charge on any atom is 0.126 e. The quantitative estimate of drug-likeness (QED) is 0.780. The summed E-state index contributed by atoms with van der Waals surface area (Å²) < 4.78 is 0. The van der Waals surface area contributed by atoms with Crippen LogP contribution >= 0.6 is 11.6 Å². The third kappa shape index (κ3) is 4.35. The zero-order chi connectivity index (χ0) is 14.4. The SMILES string of the molecule is CCCNc1ccc(Cl)c(CN(CC)CC2CCC2)n1. The molecular formula is C16H26ClN3. The Hall–Kier alpha value is -0.800. The van der Waals surface area contributed by atoms with Crippen LogP contribution in [0, 0.1) is 5.92 Å². The van der Waals surface area contributed by atoms with Gasteiger partial charge in [0, 0.05) is 19.6 Å². The topological polar surface area (TPSA) is 28.2 Å². The van der Waals surface area contributed by atoms with E-state index < -0.39 is 0 Å². The fourth-order valence-electron chi connectivity index (χ4n) is 2.50. The normalized spacial score (nSPS) is 15.4. The van der Waals surface area contributed by atoms with E-state index in [2.05, 4.69) is 29.0 Å². The summed E-state index contributed by atoms with van der Waals surface area (Å²) in [5, 5.41) is 4.10. The van der Waals surface area contributed by atoms with Crippen LogP contribution in [0.1, 0.15) is 45.2 Å². The van der Waals surface area contributed by atoms with Crippen molar-refractivity contribution in [2.24, 2.45) is 5.92 Å². The Bertz CT molecular complexity index is 418. The van der Waals surface area contributed by atoms with Gasteiger partial charge < -0.3 is 5.32 Å². The van der Waals surface area contributed by atoms with Crippen LogP contribution in [0.3, 0.4) is 0 Å². The van der Waals surface area contributed by atoms with Gasteiger partial charge in [-0.1, -0.05) is 31.9 Å². The highest BCUT2D eigenvalue weighted by molar-refractivity contribution is 6.31. The second-order valence-corrected chi connectivity index (χ2v) is 6.08. The van der Waals surface area contributed by atoms with Crippen LogP contribution in [0.5, 0.6) is 0 Å². The van der Waals surface area contributed by atoms with Crippen molar-refractivity contribution in [3.63, 3.8) is 0 Å². The van der Waals surface area contributed by atoms with Gasteiger partial charge in [0.05, 0.1) is 10.7 Å². The lowest BCUT2D eigenvalue weighted by Gasteiger charge is -2.31. The van der Waals surface area contributed by atoms with Crippen molar-refractivity contribution in [3.05, 3.63) is 22.8 Å². The second-order valence-electron chi connectivity index (χ2n) is 5.68. The van der Waals surface area contributed by atoms with Gasteiger partial charge in [-0.2, -0.15) is 0 Å². The number of aromatic nitrogens is 1. The number of anilines is 1. The van der Waals surface area contributed by atoms with E-state index in [1.54, 1.807) is 0 Å². The van der Waals surface area contributed by atoms with Gasteiger partial charge in [-0.15, -0.1) is 0 Å². The smallest absolute Gasteiger partial charge is 0.126 e. The molecule has 0 aromatic carbocycles. The summed E-state index contributed by atoms with van der Waals surface area (Å²) >= 11 is 6.30. The second kappa shape index (κ2) is 7.84. The zero-order valence-electron chi connectivity index (χ0n) is 12.7.